The number of nitrogens with zero attached hydrogens (tertiary/aromatic N) is 1. The summed E-state index contributed by atoms with van der Waals surface area (Å²) in [5.74, 6) is -0.757. The molecule has 0 aliphatic carbocycles. The molecule has 0 amide bonds. The van der Waals surface area contributed by atoms with Crippen molar-refractivity contribution in [3.05, 3.63) is 59.1 Å². The highest BCUT2D eigenvalue weighted by molar-refractivity contribution is 6.04. The highest BCUT2D eigenvalue weighted by Gasteiger charge is 2.39. The van der Waals surface area contributed by atoms with Gasteiger partial charge >= 0.3 is 12.1 Å². The van der Waals surface area contributed by atoms with Crippen molar-refractivity contribution in [3.63, 3.8) is 0 Å². The highest BCUT2D eigenvalue weighted by Crippen LogP contribution is 2.38. The molecule has 0 saturated carbocycles. The lowest BCUT2D eigenvalue weighted by molar-refractivity contribution is -0.187. The fraction of sp³-hybridized carbons (Fsp3) is 0.263. The molecule has 28 heavy (non-hydrogen) atoms. The minimum absolute atomic E-state index is 0.0836. The van der Waals surface area contributed by atoms with Crippen LogP contribution in [0, 0.1) is 6.92 Å². The molecule has 2 heterocycles. The molecule has 0 atom stereocenters. The van der Waals surface area contributed by atoms with E-state index in [1.54, 1.807) is 6.92 Å². The van der Waals surface area contributed by atoms with E-state index in [1.165, 1.54) is 25.1 Å². The van der Waals surface area contributed by atoms with Crippen LogP contribution in [0.3, 0.4) is 0 Å². The summed E-state index contributed by atoms with van der Waals surface area (Å²) in [7, 11) is 0. The van der Waals surface area contributed by atoms with Gasteiger partial charge in [-0.1, -0.05) is 0 Å². The van der Waals surface area contributed by atoms with E-state index in [-0.39, 0.29) is 34.6 Å². The second kappa shape index (κ2) is 7.49. The van der Waals surface area contributed by atoms with Gasteiger partial charge < -0.3 is 13.9 Å². The fourth-order valence-corrected chi connectivity index (χ4v) is 2.76. The maximum Gasteiger partial charge on any atom is 0.428 e. The van der Waals surface area contributed by atoms with Gasteiger partial charge in [-0.2, -0.15) is 8.78 Å². The van der Waals surface area contributed by atoms with Crippen LogP contribution in [0.1, 0.15) is 40.7 Å². The Balaban J connectivity index is 2.01. The van der Waals surface area contributed by atoms with Crippen LogP contribution in [-0.4, -0.2) is 17.6 Å². The first-order valence-electron chi connectivity index (χ1n) is 8.25. The standard InChI is InChI=1S/C19H15F4NO4/c1-3-26-18(25)15-10(2)27-14-7-6-11(9-12(14)15)28-19(22,23)13-5-4-8-24-16(13)17(20)21/h4-9,17H,3H2,1-2H3. The summed E-state index contributed by atoms with van der Waals surface area (Å²) in [4.78, 5) is 15.4. The third-order valence-corrected chi connectivity index (χ3v) is 3.92. The molecule has 0 saturated heterocycles. The largest absolute Gasteiger partial charge is 0.462 e. The molecule has 0 bridgehead atoms. The van der Waals surface area contributed by atoms with Gasteiger partial charge in [-0.3, -0.25) is 4.98 Å². The van der Waals surface area contributed by atoms with Crippen molar-refractivity contribution in [1.82, 2.24) is 4.98 Å². The van der Waals surface area contributed by atoms with Crippen LogP contribution in [0.5, 0.6) is 5.75 Å². The Labute approximate surface area is 156 Å². The van der Waals surface area contributed by atoms with E-state index in [9.17, 15) is 22.4 Å². The number of furan rings is 1. The molecular weight excluding hydrogens is 382 g/mol. The van der Waals surface area contributed by atoms with Gasteiger partial charge in [0.25, 0.3) is 6.43 Å². The summed E-state index contributed by atoms with van der Waals surface area (Å²) in [6.07, 6.45) is -6.27. The number of hydrogen-bond acceptors (Lipinski definition) is 5. The number of carbonyl (C=O) groups is 1. The quantitative estimate of drug-likeness (QED) is 0.413. The predicted octanol–water partition coefficient (Wildman–Crippen LogP) is 5.38. The Morgan fingerprint density at radius 1 is 1.29 bits per heavy atom. The second-order valence-electron chi connectivity index (χ2n) is 5.77. The van der Waals surface area contributed by atoms with Gasteiger partial charge in [0.15, 0.2) is 0 Å². The molecule has 0 radical (unpaired) electrons. The van der Waals surface area contributed by atoms with Gasteiger partial charge in [0.2, 0.25) is 0 Å². The molecule has 1 aromatic carbocycles. The first kappa shape index (κ1) is 19.7. The van der Waals surface area contributed by atoms with Crippen molar-refractivity contribution in [3.8, 4) is 5.75 Å². The Morgan fingerprint density at radius 2 is 2.04 bits per heavy atom. The molecule has 0 N–H and O–H groups in total. The van der Waals surface area contributed by atoms with Crippen LogP contribution in [0.25, 0.3) is 11.0 Å². The molecule has 5 nitrogen and oxygen atoms in total. The van der Waals surface area contributed by atoms with Gasteiger partial charge in [0.1, 0.15) is 28.4 Å². The van der Waals surface area contributed by atoms with Crippen molar-refractivity contribution in [2.45, 2.75) is 26.4 Å². The lowest BCUT2D eigenvalue weighted by Gasteiger charge is -2.20. The number of benzene rings is 1. The zero-order valence-corrected chi connectivity index (χ0v) is 14.8. The number of fused-ring (bicyclic) bond motifs is 1. The fourth-order valence-electron chi connectivity index (χ4n) is 2.76. The zero-order chi connectivity index (χ0) is 20.5. The van der Waals surface area contributed by atoms with E-state index < -0.39 is 29.8 Å². The summed E-state index contributed by atoms with van der Waals surface area (Å²) < 4.78 is 70.2. The number of halogens is 4. The van der Waals surface area contributed by atoms with Crippen molar-refractivity contribution in [2.75, 3.05) is 6.61 Å². The number of alkyl halides is 4. The summed E-state index contributed by atoms with van der Waals surface area (Å²) in [6.45, 7) is 3.28. The number of aromatic nitrogens is 1. The van der Waals surface area contributed by atoms with Crippen molar-refractivity contribution in [2.24, 2.45) is 0 Å². The summed E-state index contributed by atoms with van der Waals surface area (Å²) >= 11 is 0. The van der Waals surface area contributed by atoms with E-state index in [0.717, 1.165) is 18.3 Å². The molecule has 148 valence electrons. The molecule has 2 aromatic heterocycles. The molecular formula is C19H15F4NO4. The minimum Gasteiger partial charge on any atom is -0.462 e. The Hall–Kier alpha value is -3.10. The van der Waals surface area contributed by atoms with Crippen LogP contribution < -0.4 is 4.74 Å². The molecule has 3 aromatic rings. The lowest BCUT2D eigenvalue weighted by atomic mass is 10.1. The number of pyridine rings is 1. The van der Waals surface area contributed by atoms with Crippen LogP contribution in [0.15, 0.2) is 40.9 Å². The number of esters is 1. The number of aryl methyl sites for hydroxylation is 1. The average molecular weight is 397 g/mol. The molecule has 0 spiro atoms. The van der Waals surface area contributed by atoms with Gasteiger partial charge in [-0.05, 0) is 44.2 Å². The van der Waals surface area contributed by atoms with E-state index in [2.05, 4.69) is 4.98 Å². The minimum atomic E-state index is -4.07. The lowest BCUT2D eigenvalue weighted by Crippen LogP contribution is -2.24. The van der Waals surface area contributed by atoms with Crippen LogP contribution in [0.4, 0.5) is 17.6 Å². The zero-order valence-electron chi connectivity index (χ0n) is 14.8. The first-order chi connectivity index (χ1) is 13.2. The highest BCUT2D eigenvalue weighted by atomic mass is 19.3. The number of ether oxygens (including phenoxy) is 2. The van der Waals surface area contributed by atoms with Crippen molar-refractivity contribution < 1.29 is 36.2 Å². The number of hydrogen-bond donors (Lipinski definition) is 0. The van der Waals surface area contributed by atoms with Crippen LogP contribution in [0.2, 0.25) is 0 Å². The summed E-state index contributed by atoms with van der Waals surface area (Å²) in [5.41, 5.74) is -1.76. The monoisotopic (exact) mass is 397 g/mol. The summed E-state index contributed by atoms with van der Waals surface area (Å²) in [6, 6.07) is 5.63. The third-order valence-electron chi connectivity index (χ3n) is 3.92. The van der Waals surface area contributed by atoms with E-state index in [1.807, 2.05) is 0 Å². The molecule has 0 unspecified atom stereocenters. The van der Waals surface area contributed by atoms with E-state index in [0.29, 0.717) is 0 Å². The topological polar surface area (TPSA) is 61.6 Å². The van der Waals surface area contributed by atoms with E-state index in [4.69, 9.17) is 13.9 Å². The van der Waals surface area contributed by atoms with Gasteiger partial charge in [0, 0.05) is 11.6 Å². The van der Waals surface area contributed by atoms with Crippen molar-refractivity contribution >= 4 is 16.9 Å². The average Bonchev–Trinajstić information content (AvgIpc) is 2.96. The van der Waals surface area contributed by atoms with Gasteiger partial charge in [0.05, 0.1) is 12.2 Å². The van der Waals surface area contributed by atoms with Gasteiger partial charge in [-0.15, -0.1) is 0 Å². The normalized spacial score (nSPS) is 11.8. The smallest absolute Gasteiger partial charge is 0.428 e. The Kier molecular flexibility index (Phi) is 5.26. The summed E-state index contributed by atoms with van der Waals surface area (Å²) in [5, 5.41) is 0.213. The van der Waals surface area contributed by atoms with Crippen LogP contribution in [-0.2, 0) is 10.8 Å². The SMILES string of the molecule is CCOC(=O)c1c(C)oc2ccc(OC(F)(F)c3cccnc3C(F)F)cc12. The molecule has 0 aliphatic heterocycles. The predicted molar refractivity (Wildman–Crippen MR) is 90.6 cm³/mol. The number of rotatable bonds is 6. The van der Waals surface area contributed by atoms with Crippen molar-refractivity contribution in [1.29, 1.82) is 0 Å². The Bertz CT molecular complexity index is 1020. The first-order valence-corrected chi connectivity index (χ1v) is 8.25. The van der Waals surface area contributed by atoms with Crippen LogP contribution >= 0.6 is 0 Å². The second-order valence-corrected chi connectivity index (χ2v) is 5.77. The van der Waals surface area contributed by atoms with Gasteiger partial charge in [-0.25, -0.2) is 13.6 Å². The Morgan fingerprint density at radius 3 is 2.71 bits per heavy atom. The molecule has 3 rings (SSSR count). The maximum atomic E-state index is 14.5. The molecule has 0 aliphatic rings. The number of carbonyl (C=O) groups excluding carboxylic acids is 1. The molecule has 0 fully saturated rings. The third kappa shape index (κ3) is 3.64. The molecule has 9 heteroatoms. The maximum absolute atomic E-state index is 14.5. The van der Waals surface area contributed by atoms with E-state index >= 15 is 0 Å².